The Bertz CT molecular complexity index is 840. The topological polar surface area (TPSA) is 297 Å². The summed E-state index contributed by atoms with van der Waals surface area (Å²) in [5, 5.41) is 91.1. The molecule has 0 spiro atoms. The number of ether oxygens (including phenoxy) is 5. The first-order chi connectivity index (χ1) is 18.7. The molecule has 0 radical (unpaired) electrons. The molecule has 3 saturated heterocycles. The van der Waals surface area contributed by atoms with E-state index in [1.165, 1.54) is 0 Å². The van der Waals surface area contributed by atoms with E-state index in [0.29, 0.717) is 0 Å². The molecule has 0 aromatic carbocycles. The summed E-state index contributed by atoms with van der Waals surface area (Å²) < 4.78 is 28.0. The van der Waals surface area contributed by atoms with E-state index in [2.05, 4.69) is 0 Å². The van der Waals surface area contributed by atoms with Crippen molar-refractivity contribution >= 4 is 5.97 Å². The molecule has 234 valence electrons. The lowest BCUT2D eigenvalue weighted by atomic mass is 9.89. The van der Waals surface area contributed by atoms with Crippen LogP contribution in [0.2, 0.25) is 0 Å². The van der Waals surface area contributed by atoms with Crippen molar-refractivity contribution in [1.29, 1.82) is 0 Å². The molecule has 17 heteroatoms. The van der Waals surface area contributed by atoms with E-state index in [0.717, 1.165) is 0 Å². The summed E-state index contributed by atoms with van der Waals surface area (Å²) in [5.74, 6) is -4.94. The first kappa shape index (κ1) is 33.4. The van der Waals surface area contributed by atoms with E-state index < -0.39 is 129 Å². The average molecular weight is 587 g/mol. The molecule has 40 heavy (non-hydrogen) atoms. The predicted octanol–water partition coefficient (Wildman–Crippen LogP) is -6.09. The average Bonchev–Trinajstić information content (AvgIpc) is 2.92. The normalized spacial score (nSPS) is 48.0. The fourth-order valence-corrected chi connectivity index (χ4v) is 5.12. The summed E-state index contributed by atoms with van der Waals surface area (Å²) in [7, 11) is 0. The van der Waals surface area contributed by atoms with Gasteiger partial charge in [0.05, 0.1) is 56.3 Å². The van der Waals surface area contributed by atoms with Crippen molar-refractivity contribution in [2.45, 2.75) is 112 Å². The number of rotatable bonds is 10. The van der Waals surface area contributed by atoms with Crippen molar-refractivity contribution in [2.75, 3.05) is 19.8 Å². The van der Waals surface area contributed by atoms with Crippen LogP contribution in [0.25, 0.3) is 0 Å². The van der Waals surface area contributed by atoms with Crippen molar-refractivity contribution in [2.24, 2.45) is 17.4 Å². The maximum absolute atomic E-state index is 12.3. The molecular formula is C23H42N2O15. The number of aliphatic hydroxyl groups is 8. The molecule has 3 aliphatic heterocycles. The zero-order valence-electron chi connectivity index (χ0n) is 22.1. The van der Waals surface area contributed by atoms with E-state index in [-0.39, 0.29) is 0 Å². The second kappa shape index (κ2) is 13.4. The van der Waals surface area contributed by atoms with Gasteiger partial charge in [0, 0.05) is 12.3 Å². The molecule has 0 aromatic rings. The highest BCUT2D eigenvalue weighted by atomic mass is 16.7. The molecule has 3 fully saturated rings. The van der Waals surface area contributed by atoms with Crippen LogP contribution >= 0.6 is 0 Å². The quantitative estimate of drug-likeness (QED) is 0.113. The van der Waals surface area contributed by atoms with Crippen molar-refractivity contribution in [3.63, 3.8) is 0 Å². The standard InChI is InChI=1S/C23H42N2O15/c1-7-11(5-27)38-21(18(33)15(7)30)39-19-13(24)8(2)37-12(17(19)32)6-36-23(22(34)35)3-9(28)14(25)20(40-23)16(31)10(29)4-26/h7-21,26-33H,3-6,24-25H2,1-2H3,(H,34,35)/t7?,8?,9?,10?,11?,12?,13?,14?,15?,16-,17?,18?,19?,20?,21?,23?/m1/s1. The van der Waals surface area contributed by atoms with Crippen LogP contribution in [0.5, 0.6) is 0 Å². The van der Waals surface area contributed by atoms with Gasteiger partial charge in [-0.05, 0) is 6.92 Å². The minimum Gasteiger partial charge on any atom is -0.477 e. The summed E-state index contributed by atoms with van der Waals surface area (Å²) >= 11 is 0. The number of hydrogen-bond donors (Lipinski definition) is 11. The summed E-state index contributed by atoms with van der Waals surface area (Å²) in [6, 6.07) is -2.33. The van der Waals surface area contributed by atoms with Crippen LogP contribution < -0.4 is 11.5 Å². The van der Waals surface area contributed by atoms with Crippen LogP contribution in [-0.2, 0) is 28.5 Å². The highest BCUT2D eigenvalue weighted by molar-refractivity contribution is 5.76. The van der Waals surface area contributed by atoms with Gasteiger partial charge in [-0.15, -0.1) is 0 Å². The summed E-state index contributed by atoms with van der Waals surface area (Å²) in [6.45, 7) is 1.07. The van der Waals surface area contributed by atoms with Gasteiger partial charge in [0.2, 0.25) is 0 Å². The van der Waals surface area contributed by atoms with Gasteiger partial charge in [-0.2, -0.15) is 0 Å². The molecule has 15 unspecified atom stereocenters. The highest BCUT2D eigenvalue weighted by Crippen LogP contribution is 2.35. The Balaban J connectivity index is 1.76. The second-order valence-corrected chi connectivity index (χ2v) is 10.7. The van der Waals surface area contributed by atoms with Crippen molar-refractivity contribution in [3.05, 3.63) is 0 Å². The molecular weight excluding hydrogens is 544 g/mol. The number of carboxylic acids is 1. The van der Waals surface area contributed by atoms with Crippen molar-refractivity contribution in [3.8, 4) is 0 Å². The molecule has 0 bridgehead atoms. The molecule has 0 aliphatic carbocycles. The summed E-state index contributed by atoms with van der Waals surface area (Å²) in [6.07, 6.45) is -17.8. The van der Waals surface area contributed by atoms with Gasteiger partial charge in [-0.3, -0.25) is 0 Å². The van der Waals surface area contributed by atoms with Crippen LogP contribution in [-0.4, -0.2) is 163 Å². The van der Waals surface area contributed by atoms with E-state index in [4.69, 9.17) is 40.3 Å². The SMILES string of the molecule is CC1OC(COC2(C(=O)O)CC(O)C(N)C([C@H](O)C(O)CO)O2)C(O)C(OC2OC(CO)C(C)C(O)C2O)C1N. The maximum atomic E-state index is 12.3. The van der Waals surface area contributed by atoms with Crippen LogP contribution in [0.3, 0.4) is 0 Å². The number of aliphatic carboxylic acids is 1. The molecule has 0 amide bonds. The van der Waals surface area contributed by atoms with Crippen molar-refractivity contribution in [1.82, 2.24) is 0 Å². The lowest BCUT2D eigenvalue weighted by Crippen LogP contribution is -2.68. The van der Waals surface area contributed by atoms with Gasteiger partial charge in [0.25, 0.3) is 5.79 Å². The van der Waals surface area contributed by atoms with Gasteiger partial charge < -0.3 is 81.1 Å². The zero-order chi connectivity index (χ0) is 30.1. The lowest BCUT2D eigenvalue weighted by molar-refractivity contribution is -0.334. The number of nitrogens with two attached hydrogens (primary N) is 2. The Labute approximate surface area is 229 Å². The lowest BCUT2D eigenvalue weighted by Gasteiger charge is -2.48. The van der Waals surface area contributed by atoms with Crippen molar-refractivity contribution < 1.29 is 74.4 Å². The van der Waals surface area contributed by atoms with Gasteiger partial charge in [0.1, 0.15) is 42.7 Å². The molecule has 3 heterocycles. The first-order valence-corrected chi connectivity index (χ1v) is 13.0. The van der Waals surface area contributed by atoms with Crippen LogP contribution in [0, 0.1) is 5.92 Å². The molecule has 3 aliphatic rings. The summed E-state index contributed by atoms with van der Waals surface area (Å²) in [4.78, 5) is 12.3. The molecule has 17 nitrogen and oxygen atoms in total. The highest BCUT2D eigenvalue weighted by Gasteiger charge is 2.56. The molecule has 16 atom stereocenters. The maximum Gasteiger partial charge on any atom is 0.364 e. The van der Waals surface area contributed by atoms with Crippen LogP contribution in [0.4, 0.5) is 0 Å². The Kier molecular flexibility index (Phi) is 11.2. The fraction of sp³-hybridized carbons (Fsp3) is 0.957. The van der Waals surface area contributed by atoms with Crippen LogP contribution in [0.1, 0.15) is 20.3 Å². The van der Waals surface area contributed by atoms with Crippen LogP contribution in [0.15, 0.2) is 0 Å². The molecule has 3 rings (SSSR count). The third-order valence-corrected chi connectivity index (χ3v) is 7.91. The molecule has 13 N–H and O–H groups in total. The number of carboxylic acid groups (broad SMARTS) is 1. The predicted molar refractivity (Wildman–Crippen MR) is 129 cm³/mol. The minimum atomic E-state index is -2.60. The van der Waals surface area contributed by atoms with E-state index >= 15 is 0 Å². The van der Waals surface area contributed by atoms with E-state index in [1.54, 1.807) is 13.8 Å². The van der Waals surface area contributed by atoms with Gasteiger partial charge in [-0.1, -0.05) is 6.92 Å². The second-order valence-electron chi connectivity index (χ2n) is 10.7. The van der Waals surface area contributed by atoms with Gasteiger partial charge >= 0.3 is 5.97 Å². The smallest absolute Gasteiger partial charge is 0.364 e. The third kappa shape index (κ3) is 6.59. The van der Waals surface area contributed by atoms with E-state index in [9.17, 15) is 45.6 Å². The molecule has 0 saturated carbocycles. The van der Waals surface area contributed by atoms with Gasteiger partial charge in [0.15, 0.2) is 6.29 Å². The van der Waals surface area contributed by atoms with E-state index in [1.807, 2.05) is 0 Å². The Hall–Kier alpha value is -1.13. The Morgan fingerprint density at radius 2 is 1.65 bits per heavy atom. The Morgan fingerprint density at radius 1 is 1.00 bits per heavy atom. The number of hydrogen-bond acceptors (Lipinski definition) is 16. The largest absolute Gasteiger partial charge is 0.477 e. The Morgan fingerprint density at radius 3 is 2.23 bits per heavy atom. The number of carbonyl (C=O) groups is 1. The minimum absolute atomic E-state index is 0.474. The number of aliphatic hydroxyl groups excluding tert-OH is 8. The molecule has 0 aromatic heterocycles. The first-order valence-electron chi connectivity index (χ1n) is 13.0. The monoisotopic (exact) mass is 586 g/mol. The fourth-order valence-electron chi connectivity index (χ4n) is 5.12. The third-order valence-electron chi connectivity index (χ3n) is 7.91. The zero-order valence-corrected chi connectivity index (χ0v) is 22.1. The van der Waals surface area contributed by atoms with Gasteiger partial charge in [-0.25, -0.2) is 4.79 Å². The summed E-state index contributed by atoms with van der Waals surface area (Å²) in [5.41, 5.74) is 12.0.